The first-order chi connectivity index (χ1) is 8.54. The van der Waals surface area contributed by atoms with E-state index in [2.05, 4.69) is 32.0 Å². The lowest BCUT2D eigenvalue weighted by Crippen LogP contribution is -2.34. The normalized spacial score (nSPS) is 11.6. The molecule has 5 heteroatoms. The number of carbonyl (C=O) groups excluding carboxylic acids is 1. The van der Waals surface area contributed by atoms with Crippen molar-refractivity contribution in [2.75, 3.05) is 12.4 Å². The van der Waals surface area contributed by atoms with Gasteiger partial charge in [0.15, 0.2) is 0 Å². The molecule has 0 radical (unpaired) electrons. The van der Waals surface area contributed by atoms with E-state index < -0.39 is 6.04 Å². The first-order valence-corrected chi connectivity index (χ1v) is 7.26. The quantitative estimate of drug-likeness (QED) is 0.821. The van der Waals surface area contributed by atoms with Crippen LogP contribution in [0.2, 0.25) is 0 Å². The zero-order valence-electron chi connectivity index (χ0n) is 11.6. The summed E-state index contributed by atoms with van der Waals surface area (Å²) in [6.07, 6.45) is 0. The van der Waals surface area contributed by atoms with Crippen LogP contribution in [-0.4, -0.2) is 24.4 Å². The van der Waals surface area contributed by atoms with Gasteiger partial charge in [0.2, 0.25) is 0 Å². The van der Waals surface area contributed by atoms with Crippen LogP contribution in [0.1, 0.15) is 23.6 Å². The molecule has 3 nitrogen and oxygen atoms in total. The van der Waals surface area contributed by atoms with Crippen LogP contribution >= 0.6 is 24.2 Å². The first-order valence-electron chi connectivity index (χ1n) is 6.10. The van der Waals surface area contributed by atoms with E-state index in [0.29, 0.717) is 12.4 Å². The van der Waals surface area contributed by atoms with Crippen molar-refractivity contribution in [2.45, 2.75) is 32.6 Å². The van der Waals surface area contributed by atoms with Gasteiger partial charge in [0, 0.05) is 11.5 Å². The van der Waals surface area contributed by atoms with Gasteiger partial charge in [-0.05, 0) is 37.5 Å². The molecule has 1 aromatic rings. The molecule has 0 unspecified atom stereocenters. The Morgan fingerprint density at radius 2 is 2.05 bits per heavy atom. The van der Waals surface area contributed by atoms with Crippen LogP contribution in [0.4, 0.5) is 0 Å². The van der Waals surface area contributed by atoms with E-state index in [0.717, 1.165) is 5.75 Å². The van der Waals surface area contributed by atoms with Crippen LogP contribution in [0.15, 0.2) is 18.2 Å². The summed E-state index contributed by atoms with van der Waals surface area (Å²) in [6, 6.07) is 5.89. The highest BCUT2D eigenvalue weighted by Crippen LogP contribution is 2.16. The molecule has 19 heavy (non-hydrogen) atoms. The maximum Gasteiger partial charge on any atom is 0.323 e. The molecule has 108 valence electrons. The molecule has 0 spiro atoms. The van der Waals surface area contributed by atoms with Gasteiger partial charge in [-0.3, -0.25) is 4.79 Å². The third-order valence-corrected chi connectivity index (χ3v) is 3.86. The van der Waals surface area contributed by atoms with Gasteiger partial charge in [-0.15, -0.1) is 12.4 Å². The number of esters is 1. The number of thioether (sulfide) groups is 1. The maximum absolute atomic E-state index is 11.3. The van der Waals surface area contributed by atoms with Gasteiger partial charge in [-0.25, -0.2) is 0 Å². The molecule has 0 saturated heterocycles. The standard InChI is InChI=1S/C14H21NO2S.ClH/c1-4-17-14(16)13(15)9-18-8-12-6-5-10(2)11(3)7-12;/h5-7,13H,4,8-9,15H2,1-3H3;1H/t13-;/m0./s1. The topological polar surface area (TPSA) is 52.3 Å². The molecule has 0 aromatic heterocycles. The van der Waals surface area contributed by atoms with E-state index in [-0.39, 0.29) is 18.4 Å². The minimum atomic E-state index is -0.526. The lowest BCUT2D eigenvalue weighted by atomic mass is 10.1. The second-order valence-electron chi connectivity index (χ2n) is 4.29. The molecular formula is C14H22ClNO2S. The Balaban J connectivity index is 0.00000324. The molecule has 1 rings (SSSR count). The molecule has 0 saturated carbocycles. The SMILES string of the molecule is CCOC(=O)[C@@H](N)CSCc1ccc(C)c(C)c1.Cl. The van der Waals surface area contributed by atoms with E-state index in [1.165, 1.54) is 16.7 Å². The van der Waals surface area contributed by atoms with E-state index in [1.807, 2.05) is 0 Å². The molecular weight excluding hydrogens is 282 g/mol. The van der Waals surface area contributed by atoms with Crippen molar-refractivity contribution < 1.29 is 9.53 Å². The molecule has 0 aliphatic heterocycles. The van der Waals surface area contributed by atoms with Crippen LogP contribution in [0, 0.1) is 13.8 Å². The predicted octanol–water partition coefficient (Wildman–Crippen LogP) is 2.85. The molecule has 0 bridgehead atoms. The van der Waals surface area contributed by atoms with Crippen LogP contribution in [0.3, 0.4) is 0 Å². The van der Waals surface area contributed by atoms with Gasteiger partial charge in [0.05, 0.1) is 6.61 Å². The predicted molar refractivity (Wildman–Crippen MR) is 83.9 cm³/mol. The van der Waals surface area contributed by atoms with Gasteiger partial charge in [0.1, 0.15) is 6.04 Å². The first kappa shape index (κ1) is 18.3. The van der Waals surface area contributed by atoms with Gasteiger partial charge in [-0.1, -0.05) is 18.2 Å². The number of aryl methyl sites for hydroxylation is 2. The van der Waals surface area contributed by atoms with Crippen molar-refractivity contribution in [1.82, 2.24) is 0 Å². The van der Waals surface area contributed by atoms with Crippen molar-refractivity contribution >= 4 is 30.1 Å². The van der Waals surface area contributed by atoms with Gasteiger partial charge in [0.25, 0.3) is 0 Å². The second kappa shape index (κ2) is 9.23. The summed E-state index contributed by atoms with van der Waals surface area (Å²) in [6.45, 7) is 6.37. The van der Waals surface area contributed by atoms with Crippen molar-refractivity contribution in [3.05, 3.63) is 34.9 Å². The summed E-state index contributed by atoms with van der Waals surface area (Å²) in [5.74, 6) is 1.14. The highest BCUT2D eigenvalue weighted by Gasteiger charge is 2.14. The minimum absolute atomic E-state index is 0. The van der Waals surface area contributed by atoms with Crippen LogP contribution in [0.25, 0.3) is 0 Å². The Morgan fingerprint density at radius 1 is 1.37 bits per heavy atom. The van der Waals surface area contributed by atoms with Crippen LogP contribution in [0.5, 0.6) is 0 Å². The summed E-state index contributed by atoms with van der Waals surface area (Å²) in [5, 5.41) is 0. The van der Waals surface area contributed by atoms with Gasteiger partial charge >= 0.3 is 5.97 Å². The summed E-state index contributed by atoms with van der Waals surface area (Å²) in [4.78, 5) is 11.3. The number of hydrogen-bond acceptors (Lipinski definition) is 4. The number of nitrogens with two attached hydrogens (primary N) is 1. The monoisotopic (exact) mass is 303 g/mol. The smallest absolute Gasteiger partial charge is 0.323 e. The summed E-state index contributed by atoms with van der Waals surface area (Å²) >= 11 is 1.66. The van der Waals surface area contributed by atoms with Crippen molar-refractivity contribution in [3.8, 4) is 0 Å². The van der Waals surface area contributed by atoms with Crippen LogP contribution < -0.4 is 5.73 Å². The molecule has 0 amide bonds. The molecule has 0 aliphatic carbocycles. The molecule has 1 atom stereocenters. The fourth-order valence-corrected chi connectivity index (χ4v) is 2.44. The lowest BCUT2D eigenvalue weighted by Gasteiger charge is -2.10. The zero-order valence-corrected chi connectivity index (χ0v) is 13.3. The Hall–Kier alpha value is -0.710. The van der Waals surface area contributed by atoms with Crippen molar-refractivity contribution in [1.29, 1.82) is 0 Å². The average Bonchev–Trinajstić information content (AvgIpc) is 2.34. The Morgan fingerprint density at radius 3 is 2.63 bits per heavy atom. The number of rotatable bonds is 6. The average molecular weight is 304 g/mol. The van der Waals surface area contributed by atoms with Crippen LogP contribution in [-0.2, 0) is 15.3 Å². The van der Waals surface area contributed by atoms with Gasteiger partial charge in [-0.2, -0.15) is 11.8 Å². The lowest BCUT2D eigenvalue weighted by molar-refractivity contribution is -0.144. The fourth-order valence-electron chi connectivity index (χ4n) is 1.51. The number of hydrogen-bond donors (Lipinski definition) is 1. The van der Waals surface area contributed by atoms with Crippen molar-refractivity contribution in [2.24, 2.45) is 5.73 Å². The Labute approximate surface area is 125 Å². The Bertz CT molecular complexity index is 412. The second-order valence-corrected chi connectivity index (χ2v) is 5.32. The third-order valence-electron chi connectivity index (χ3n) is 2.73. The van der Waals surface area contributed by atoms with E-state index in [1.54, 1.807) is 18.7 Å². The summed E-state index contributed by atoms with van der Waals surface area (Å²) < 4.78 is 4.86. The largest absolute Gasteiger partial charge is 0.465 e. The van der Waals surface area contributed by atoms with Crippen molar-refractivity contribution in [3.63, 3.8) is 0 Å². The minimum Gasteiger partial charge on any atom is -0.465 e. The number of carbonyl (C=O) groups is 1. The Kier molecular flexibility index (Phi) is 8.89. The van der Waals surface area contributed by atoms with Gasteiger partial charge < -0.3 is 10.5 Å². The number of ether oxygens (including phenoxy) is 1. The van der Waals surface area contributed by atoms with E-state index in [4.69, 9.17) is 10.5 Å². The number of halogens is 1. The van der Waals surface area contributed by atoms with E-state index >= 15 is 0 Å². The third kappa shape index (κ3) is 6.32. The molecule has 1 aromatic carbocycles. The highest BCUT2D eigenvalue weighted by molar-refractivity contribution is 7.98. The maximum atomic E-state index is 11.3. The fraction of sp³-hybridized carbons (Fsp3) is 0.500. The summed E-state index contributed by atoms with van der Waals surface area (Å²) in [5.41, 5.74) is 9.58. The molecule has 0 fully saturated rings. The molecule has 0 aliphatic rings. The summed E-state index contributed by atoms with van der Waals surface area (Å²) in [7, 11) is 0. The molecule has 2 N–H and O–H groups in total. The van der Waals surface area contributed by atoms with E-state index in [9.17, 15) is 4.79 Å². The molecule has 0 heterocycles. The highest BCUT2D eigenvalue weighted by atomic mass is 35.5. The zero-order chi connectivity index (χ0) is 13.5. The number of benzene rings is 1.